The number of aromatic nitrogens is 5. The van der Waals surface area contributed by atoms with Crippen molar-refractivity contribution in [3.8, 4) is 11.4 Å². The van der Waals surface area contributed by atoms with Gasteiger partial charge in [-0.05, 0) is 52.4 Å². The van der Waals surface area contributed by atoms with E-state index in [0.29, 0.717) is 22.7 Å². The van der Waals surface area contributed by atoms with Crippen LogP contribution in [0, 0.1) is 0 Å². The number of pyridine rings is 1. The van der Waals surface area contributed by atoms with Crippen molar-refractivity contribution in [2.75, 3.05) is 17.7 Å². The minimum atomic E-state index is -0.307. The van der Waals surface area contributed by atoms with Crippen LogP contribution in [0.5, 0.6) is 5.75 Å². The van der Waals surface area contributed by atoms with Crippen LogP contribution in [-0.4, -0.2) is 44.1 Å². The lowest BCUT2D eigenvalue weighted by Gasteiger charge is -2.13. The van der Waals surface area contributed by atoms with Crippen molar-refractivity contribution >= 4 is 23.2 Å². The summed E-state index contributed by atoms with van der Waals surface area (Å²) in [6, 6.07) is 15.7. The molecule has 0 unspecified atom stereocenters. The van der Waals surface area contributed by atoms with Crippen molar-refractivity contribution in [1.82, 2.24) is 25.2 Å². The van der Waals surface area contributed by atoms with Crippen molar-refractivity contribution in [3.63, 3.8) is 0 Å². The summed E-state index contributed by atoms with van der Waals surface area (Å²) in [7, 11) is 1.49. The number of hydrogen-bond acceptors (Lipinski definition) is 7. The predicted octanol–water partition coefficient (Wildman–Crippen LogP) is 2.50. The summed E-state index contributed by atoms with van der Waals surface area (Å²) in [5.74, 6) is -0.0708. The smallest absolute Gasteiger partial charge is 0.257 e. The first-order valence-electron chi connectivity index (χ1n) is 9.64. The van der Waals surface area contributed by atoms with Gasteiger partial charge in [0.15, 0.2) is 0 Å². The van der Waals surface area contributed by atoms with E-state index in [4.69, 9.17) is 4.74 Å². The van der Waals surface area contributed by atoms with E-state index in [1.807, 2.05) is 24.3 Å². The van der Waals surface area contributed by atoms with Gasteiger partial charge >= 0.3 is 0 Å². The van der Waals surface area contributed by atoms with Crippen molar-refractivity contribution in [1.29, 1.82) is 0 Å². The second-order valence-corrected chi connectivity index (χ2v) is 6.76. The van der Waals surface area contributed by atoms with Gasteiger partial charge in [-0.15, -0.1) is 5.10 Å². The van der Waals surface area contributed by atoms with Gasteiger partial charge in [0.2, 0.25) is 5.91 Å². The van der Waals surface area contributed by atoms with Crippen molar-refractivity contribution < 1.29 is 14.3 Å². The van der Waals surface area contributed by atoms with Crippen LogP contribution in [0.15, 0.2) is 73.3 Å². The third kappa shape index (κ3) is 4.93. The van der Waals surface area contributed by atoms with Crippen LogP contribution in [0.4, 0.5) is 11.4 Å². The molecule has 4 aromatic rings. The number of tetrazole rings is 1. The molecule has 10 nitrogen and oxygen atoms in total. The highest BCUT2D eigenvalue weighted by molar-refractivity contribution is 6.05. The quantitative estimate of drug-likeness (QED) is 0.462. The molecule has 2 aromatic heterocycles. The second kappa shape index (κ2) is 9.47. The molecule has 160 valence electrons. The minimum absolute atomic E-state index is 0.186. The number of carbonyl (C=O) groups excluding carboxylic acids is 2. The highest BCUT2D eigenvalue weighted by Gasteiger charge is 2.12. The molecule has 2 N–H and O–H groups in total. The summed E-state index contributed by atoms with van der Waals surface area (Å²) in [6.45, 7) is 0. The van der Waals surface area contributed by atoms with Crippen molar-refractivity contribution in [2.24, 2.45) is 0 Å². The molecule has 0 saturated carbocycles. The van der Waals surface area contributed by atoms with Gasteiger partial charge in [-0.3, -0.25) is 14.6 Å². The topological polar surface area (TPSA) is 124 Å². The fourth-order valence-corrected chi connectivity index (χ4v) is 3.00. The number of nitrogens with one attached hydrogen (secondary N) is 2. The van der Waals surface area contributed by atoms with Gasteiger partial charge in [-0.2, -0.15) is 0 Å². The van der Waals surface area contributed by atoms with E-state index in [9.17, 15) is 9.59 Å². The number of benzene rings is 2. The van der Waals surface area contributed by atoms with E-state index in [0.717, 1.165) is 11.3 Å². The minimum Gasteiger partial charge on any atom is -0.494 e. The maximum absolute atomic E-state index is 12.5. The average Bonchev–Trinajstić information content (AvgIpc) is 3.36. The van der Waals surface area contributed by atoms with E-state index in [-0.39, 0.29) is 18.2 Å². The number of anilines is 2. The van der Waals surface area contributed by atoms with Gasteiger partial charge in [-0.1, -0.05) is 12.1 Å². The first kappa shape index (κ1) is 20.7. The first-order valence-corrected chi connectivity index (χ1v) is 9.64. The third-order valence-electron chi connectivity index (χ3n) is 4.57. The molecule has 4 rings (SSSR count). The zero-order valence-corrected chi connectivity index (χ0v) is 17.1. The fourth-order valence-electron chi connectivity index (χ4n) is 3.00. The van der Waals surface area contributed by atoms with Crippen LogP contribution in [0.25, 0.3) is 5.69 Å². The van der Waals surface area contributed by atoms with E-state index in [2.05, 4.69) is 31.1 Å². The van der Waals surface area contributed by atoms with Gasteiger partial charge in [0, 0.05) is 24.1 Å². The Morgan fingerprint density at radius 1 is 1.06 bits per heavy atom. The molecular formula is C22H19N7O3. The zero-order chi connectivity index (χ0) is 22.3. The number of nitrogens with zero attached hydrogens (tertiary/aromatic N) is 5. The lowest BCUT2D eigenvalue weighted by atomic mass is 10.1. The molecule has 0 aliphatic rings. The number of ether oxygens (including phenoxy) is 1. The molecule has 0 saturated heterocycles. The summed E-state index contributed by atoms with van der Waals surface area (Å²) in [4.78, 5) is 28.8. The van der Waals surface area contributed by atoms with E-state index < -0.39 is 0 Å². The summed E-state index contributed by atoms with van der Waals surface area (Å²) in [5.41, 5.74) is 3.10. The second-order valence-electron chi connectivity index (χ2n) is 6.76. The Labute approximate surface area is 183 Å². The van der Waals surface area contributed by atoms with Crippen LogP contribution < -0.4 is 15.4 Å². The van der Waals surface area contributed by atoms with Crippen molar-refractivity contribution in [2.45, 2.75) is 6.42 Å². The van der Waals surface area contributed by atoms with Crippen LogP contribution in [-0.2, 0) is 11.2 Å². The molecule has 0 aliphatic heterocycles. The largest absolute Gasteiger partial charge is 0.494 e. The molecule has 0 fully saturated rings. The monoisotopic (exact) mass is 429 g/mol. The number of carbonyl (C=O) groups is 2. The normalized spacial score (nSPS) is 10.4. The van der Waals surface area contributed by atoms with Crippen LogP contribution in [0.2, 0.25) is 0 Å². The summed E-state index contributed by atoms with van der Waals surface area (Å²) < 4.78 is 6.90. The average molecular weight is 429 g/mol. The van der Waals surface area contributed by atoms with Gasteiger partial charge in [0.1, 0.15) is 12.1 Å². The lowest BCUT2D eigenvalue weighted by Crippen LogP contribution is -2.15. The Bertz CT molecular complexity index is 1210. The van der Waals surface area contributed by atoms with E-state index in [1.165, 1.54) is 24.3 Å². The Morgan fingerprint density at radius 3 is 2.59 bits per heavy atom. The van der Waals surface area contributed by atoms with Gasteiger partial charge in [-0.25, -0.2) is 4.68 Å². The van der Waals surface area contributed by atoms with Gasteiger partial charge in [0.25, 0.3) is 5.91 Å². The molecular weight excluding hydrogens is 410 g/mol. The van der Waals surface area contributed by atoms with Crippen molar-refractivity contribution in [3.05, 3.63) is 84.4 Å². The molecule has 0 atom stereocenters. The number of methoxy groups -OCH3 is 1. The molecule has 0 bridgehead atoms. The SMILES string of the molecule is COc1cc(NC(=O)Cc2ccc(-n3cnnn3)cc2)ccc1NC(=O)c1cccnc1. The Hall–Kier alpha value is -4.60. The standard InChI is InChI=1S/C22H19N7O3/c1-32-20-12-17(6-9-19(20)26-22(31)16-3-2-10-23-13-16)25-21(30)11-15-4-7-18(8-5-15)29-14-24-27-28-29/h2-10,12-14H,11H2,1H3,(H,25,30)(H,26,31). The molecule has 2 amide bonds. The molecule has 32 heavy (non-hydrogen) atoms. The Morgan fingerprint density at radius 2 is 1.91 bits per heavy atom. The van der Waals surface area contributed by atoms with E-state index in [1.54, 1.807) is 36.5 Å². The third-order valence-corrected chi connectivity index (χ3v) is 4.57. The molecule has 0 aliphatic carbocycles. The lowest BCUT2D eigenvalue weighted by molar-refractivity contribution is -0.115. The fraction of sp³-hybridized carbons (Fsp3) is 0.0909. The molecule has 0 radical (unpaired) electrons. The van der Waals surface area contributed by atoms with Crippen LogP contribution >= 0.6 is 0 Å². The zero-order valence-electron chi connectivity index (χ0n) is 17.1. The highest BCUT2D eigenvalue weighted by Crippen LogP contribution is 2.28. The molecule has 2 aromatic carbocycles. The maximum Gasteiger partial charge on any atom is 0.257 e. The van der Waals surface area contributed by atoms with Gasteiger partial charge in [0.05, 0.1) is 30.5 Å². The molecule has 0 spiro atoms. The molecule has 2 heterocycles. The Balaban J connectivity index is 1.39. The number of hydrogen-bond donors (Lipinski definition) is 2. The predicted molar refractivity (Wildman–Crippen MR) is 117 cm³/mol. The highest BCUT2D eigenvalue weighted by atomic mass is 16.5. The number of rotatable bonds is 7. The maximum atomic E-state index is 12.5. The first-order chi connectivity index (χ1) is 15.6. The summed E-state index contributed by atoms with van der Waals surface area (Å²) in [5, 5.41) is 16.6. The summed E-state index contributed by atoms with van der Waals surface area (Å²) >= 11 is 0. The number of amides is 2. The van der Waals surface area contributed by atoms with Crippen LogP contribution in [0.3, 0.4) is 0 Å². The van der Waals surface area contributed by atoms with Gasteiger partial charge < -0.3 is 15.4 Å². The summed E-state index contributed by atoms with van der Waals surface area (Å²) in [6.07, 6.45) is 4.76. The molecule has 10 heteroatoms. The van der Waals surface area contributed by atoms with Crippen LogP contribution in [0.1, 0.15) is 15.9 Å². The Kier molecular flexibility index (Phi) is 6.12. The van der Waals surface area contributed by atoms with E-state index >= 15 is 0 Å².